The van der Waals surface area contributed by atoms with Crippen molar-refractivity contribution in [3.8, 4) is 16.9 Å². The van der Waals surface area contributed by atoms with Crippen LogP contribution in [0.4, 0.5) is 4.39 Å². The van der Waals surface area contributed by atoms with Gasteiger partial charge in [0.15, 0.2) is 0 Å². The van der Waals surface area contributed by atoms with Crippen molar-refractivity contribution in [1.82, 2.24) is 5.32 Å². The van der Waals surface area contributed by atoms with E-state index in [1.165, 1.54) is 0 Å². The number of aryl methyl sites for hydroxylation is 2. The standard InChI is InChI=1S/C18H20FNO/c1-12-5-3-4-6-16(12)17-10-14(19)9-13-7-8-15(11-20-2)21-18(13)17/h3-6,9-10,15,20H,7-8,11H2,1-2H3/t15-/m1/s1. The summed E-state index contributed by atoms with van der Waals surface area (Å²) in [6.07, 6.45) is 1.93. The molecule has 0 unspecified atom stereocenters. The van der Waals surface area contributed by atoms with E-state index in [9.17, 15) is 4.39 Å². The zero-order valence-electron chi connectivity index (χ0n) is 12.4. The van der Waals surface area contributed by atoms with Crippen LogP contribution in [0.5, 0.6) is 5.75 Å². The molecule has 2 aromatic rings. The van der Waals surface area contributed by atoms with Gasteiger partial charge in [-0.15, -0.1) is 0 Å². The molecule has 1 aliphatic heterocycles. The van der Waals surface area contributed by atoms with Gasteiger partial charge in [-0.1, -0.05) is 24.3 Å². The zero-order chi connectivity index (χ0) is 14.8. The average molecular weight is 285 g/mol. The maximum absolute atomic E-state index is 13.9. The number of rotatable bonds is 3. The number of fused-ring (bicyclic) bond motifs is 1. The number of benzene rings is 2. The van der Waals surface area contributed by atoms with Gasteiger partial charge in [-0.25, -0.2) is 4.39 Å². The Balaban J connectivity index is 2.09. The molecule has 1 heterocycles. The Morgan fingerprint density at radius 1 is 1.24 bits per heavy atom. The molecule has 0 saturated carbocycles. The minimum Gasteiger partial charge on any atom is -0.488 e. The summed E-state index contributed by atoms with van der Waals surface area (Å²) < 4.78 is 20.1. The van der Waals surface area contributed by atoms with Crippen LogP contribution in [-0.4, -0.2) is 19.7 Å². The fraction of sp³-hybridized carbons (Fsp3) is 0.333. The van der Waals surface area contributed by atoms with Crippen LogP contribution in [-0.2, 0) is 6.42 Å². The number of nitrogens with one attached hydrogen (secondary N) is 1. The van der Waals surface area contributed by atoms with Crippen LogP contribution in [0.2, 0.25) is 0 Å². The van der Waals surface area contributed by atoms with Gasteiger partial charge < -0.3 is 10.1 Å². The molecule has 0 aromatic heterocycles. The molecule has 0 saturated heterocycles. The van der Waals surface area contributed by atoms with E-state index in [2.05, 4.69) is 5.32 Å². The van der Waals surface area contributed by atoms with E-state index in [1.807, 2.05) is 38.2 Å². The van der Waals surface area contributed by atoms with E-state index >= 15 is 0 Å². The summed E-state index contributed by atoms with van der Waals surface area (Å²) in [4.78, 5) is 0. The van der Waals surface area contributed by atoms with Crippen molar-refractivity contribution in [2.45, 2.75) is 25.9 Å². The molecule has 0 fully saturated rings. The lowest BCUT2D eigenvalue weighted by atomic mass is 9.93. The summed E-state index contributed by atoms with van der Waals surface area (Å²) in [5.74, 6) is 0.653. The van der Waals surface area contributed by atoms with E-state index in [0.29, 0.717) is 0 Å². The zero-order valence-corrected chi connectivity index (χ0v) is 12.4. The first kappa shape index (κ1) is 14.1. The van der Waals surface area contributed by atoms with Crippen LogP contribution in [0.1, 0.15) is 17.5 Å². The first-order chi connectivity index (χ1) is 10.2. The first-order valence-electron chi connectivity index (χ1n) is 7.38. The fourth-order valence-electron chi connectivity index (χ4n) is 2.96. The van der Waals surface area contributed by atoms with Gasteiger partial charge in [0.2, 0.25) is 0 Å². The van der Waals surface area contributed by atoms with E-state index < -0.39 is 0 Å². The Kier molecular flexibility index (Phi) is 3.93. The topological polar surface area (TPSA) is 21.3 Å². The monoisotopic (exact) mass is 285 g/mol. The van der Waals surface area contributed by atoms with Gasteiger partial charge in [-0.2, -0.15) is 0 Å². The molecule has 0 aliphatic carbocycles. The van der Waals surface area contributed by atoms with Crippen molar-refractivity contribution in [2.24, 2.45) is 0 Å². The minimum atomic E-state index is -0.192. The van der Waals surface area contributed by atoms with Crippen molar-refractivity contribution in [1.29, 1.82) is 0 Å². The second-order valence-corrected chi connectivity index (χ2v) is 5.59. The molecule has 1 N–H and O–H groups in total. The van der Waals surface area contributed by atoms with Gasteiger partial charge in [0.1, 0.15) is 17.7 Å². The predicted molar refractivity (Wildman–Crippen MR) is 83.2 cm³/mol. The van der Waals surface area contributed by atoms with Gasteiger partial charge in [-0.3, -0.25) is 0 Å². The van der Waals surface area contributed by atoms with Crippen molar-refractivity contribution < 1.29 is 9.13 Å². The molecule has 0 bridgehead atoms. The van der Waals surface area contributed by atoms with Gasteiger partial charge in [0, 0.05) is 12.1 Å². The van der Waals surface area contributed by atoms with Crippen molar-refractivity contribution in [2.75, 3.05) is 13.6 Å². The summed E-state index contributed by atoms with van der Waals surface area (Å²) in [7, 11) is 1.92. The van der Waals surface area contributed by atoms with Crippen LogP contribution < -0.4 is 10.1 Å². The highest BCUT2D eigenvalue weighted by Crippen LogP contribution is 2.39. The van der Waals surface area contributed by atoms with Crippen LogP contribution in [0.15, 0.2) is 36.4 Å². The third-order valence-corrected chi connectivity index (χ3v) is 4.02. The molecule has 0 spiro atoms. The molecule has 3 heteroatoms. The van der Waals surface area contributed by atoms with E-state index in [-0.39, 0.29) is 11.9 Å². The molecular weight excluding hydrogens is 265 g/mol. The third-order valence-electron chi connectivity index (χ3n) is 4.02. The van der Waals surface area contributed by atoms with Crippen molar-refractivity contribution in [3.05, 3.63) is 53.3 Å². The Morgan fingerprint density at radius 3 is 2.81 bits per heavy atom. The van der Waals surface area contributed by atoms with E-state index in [4.69, 9.17) is 4.74 Å². The smallest absolute Gasteiger partial charge is 0.131 e. The van der Waals surface area contributed by atoms with Crippen LogP contribution in [0.25, 0.3) is 11.1 Å². The lowest BCUT2D eigenvalue weighted by molar-refractivity contribution is 0.174. The molecule has 3 rings (SSSR count). The van der Waals surface area contributed by atoms with Crippen LogP contribution in [0.3, 0.4) is 0 Å². The Labute approximate surface area is 125 Å². The summed E-state index contributed by atoms with van der Waals surface area (Å²) in [6.45, 7) is 2.85. The maximum Gasteiger partial charge on any atom is 0.131 e. The molecular formula is C18H20FNO. The van der Waals surface area contributed by atoms with Crippen LogP contribution in [0, 0.1) is 12.7 Å². The summed E-state index contributed by atoms with van der Waals surface area (Å²) in [5.41, 5.74) is 4.01. The molecule has 0 amide bonds. The summed E-state index contributed by atoms with van der Waals surface area (Å²) in [5, 5.41) is 3.15. The van der Waals surface area contributed by atoms with E-state index in [1.54, 1.807) is 12.1 Å². The molecule has 2 aromatic carbocycles. The summed E-state index contributed by atoms with van der Waals surface area (Å²) >= 11 is 0. The SMILES string of the molecule is CNC[C@H]1CCc2cc(F)cc(-c3ccccc3C)c2O1. The molecule has 0 radical (unpaired) electrons. The van der Waals surface area contributed by atoms with Crippen LogP contribution >= 0.6 is 0 Å². The van der Waals surface area contributed by atoms with Gasteiger partial charge in [-0.05, 0) is 55.6 Å². The first-order valence-corrected chi connectivity index (χ1v) is 7.38. The van der Waals surface area contributed by atoms with Crippen molar-refractivity contribution in [3.63, 3.8) is 0 Å². The number of hydrogen-bond acceptors (Lipinski definition) is 2. The van der Waals surface area contributed by atoms with E-state index in [0.717, 1.165) is 47.4 Å². The minimum absolute atomic E-state index is 0.149. The quantitative estimate of drug-likeness (QED) is 0.928. The maximum atomic E-state index is 13.9. The largest absolute Gasteiger partial charge is 0.488 e. The Hall–Kier alpha value is -1.87. The lowest BCUT2D eigenvalue weighted by Gasteiger charge is -2.28. The Bertz CT molecular complexity index is 654. The highest BCUT2D eigenvalue weighted by Gasteiger charge is 2.24. The Morgan fingerprint density at radius 2 is 2.05 bits per heavy atom. The molecule has 21 heavy (non-hydrogen) atoms. The fourth-order valence-corrected chi connectivity index (χ4v) is 2.96. The second kappa shape index (κ2) is 5.86. The molecule has 2 nitrogen and oxygen atoms in total. The number of hydrogen-bond donors (Lipinski definition) is 1. The van der Waals surface area contributed by atoms with Crippen molar-refractivity contribution >= 4 is 0 Å². The third kappa shape index (κ3) is 2.79. The predicted octanol–water partition coefficient (Wildman–Crippen LogP) is 3.71. The number of halogens is 1. The van der Waals surface area contributed by atoms with Gasteiger partial charge in [0.05, 0.1) is 0 Å². The molecule has 1 atom stereocenters. The highest BCUT2D eigenvalue weighted by atomic mass is 19.1. The lowest BCUT2D eigenvalue weighted by Crippen LogP contribution is -2.32. The van der Waals surface area contributed by atoms with Gasteiger partial charge in [0.25, 0.3) is 0 Å². The second-order valence-electron chi connectivity index (χ2n) is 5.59. The average Bonchev–Trinajstić information content (AvgIpc) is 2.48. The highest BCUT2D eigenvalue weighted by molar-refractivity contribution is 5.75. The summed E-state index contributed by atoms with van der Waals surface area (Å²) in [6, 6.07) is 11.2. The molecule has 110 valence electrons. The normalized spacial score (nSPS) is 17.2. The number of ether oxygens (including phenoxy) is 1. The molecule has 1 aliphatic rings. The van der Waals surface area contributed by atoms with Gasteiger partial charge >= 0.3 is 0 Å². The number of likely N-dealkylation sites (N-methyl/N-ethyl adjacent to an activating group) is 1.